The van der Waals surface area contributed by atoms with Crippen molar-refractivity contribution >= 4 is 46.4 Å². The summed E-state index contributed by atoms with van der Waals surface area (Å²) < 4.78 is 10.8. The highest BCUT2D eigenvalue weighted by Crippen LogP contribution is 2.31. The minimum atomic E-state index is -0.749. The molecule has 1 N–H and O–H groups in total. The van der Waals surface area contributed by atoms with E-state index in [1.165, 1.54) is 0 Å². The van der Waals surface area contributed by atoms with Crippen LogP contribution in [0.25, 0.3) is 0 Å². The zero-order valence-electron chi connectivity index (χ0n) is 19.9. The number of ether oxygens (including phenoxy) is 2. The summed E-state index contributed by atoms with van der Waals surface area (Å²) in [6.07, 6.45) is -0.0554. The maximum absolute atomic E-state index is 13.5. The van der Waals surface area contributed by atoms with Gasteiger partial charge in [-0.25, -0.2) is 0 Å². The lowest BCUT2D eigenvalue weighted by atomic mass is 10.1. The van der Waals surface area contributed by atoms with E-state index in [2.05, 4.69) is 5.32 Å². The van der Waals surface area contributed by atoms with Crippen molar-refractivity contribution < 1.29 is 19.1 Å². The van der Waals surface area contributed by atoms with Crippen LogP contribution in [0.2, 0.25) is 5.02 Å². The van der Waals surface area contributed by atoms with E-state index in [4.69, 9.17) is 33.3 Å². The first-order valence-electron chi connectivity index (χ1n) is 11.3. The van der Waals surface area contributed by atoms with Crippen LogP contribution in [0.4, 0.5) is 5.69 Å². The molecule has 0 radical (unpaired) electrons. The number of hydrogen-bond donors (Lipinski definition) is 1. The first-order valence-corrected chi connectivity index (χ1v) is 12.1. The highest BCUT2D eigenvalue weighted by molar-refractivity contribution is 7.80. The van der Waals surface area contributed by atoms with Gasteiger partial charge in [-0.05, 0) is 59.7 Å². The SMILES string of the molecule is COc1ccc(CN2C(=S)N(Cc3ccccc3)C(=O)C2CC(=O)Nc2ccc(Cl)cc2)cc1OC. The van der Waals surface area contributed by atoms with Crippen LogP contribution in [0.3, 0.4) is 0 Å². The molecule has 7 nitrogen and oxygen atoms in total. The van der Waals surface area contributed by atoms with E-state index >= 15 is 0 Å². The van der Waals surface area contributed by atoms with Crippen LogP contribution < -0.4 is 14.8 Å². The van der Waals surface area contributed by atoms with Gasteiger partial charge in [0.25, 0.3) is 5.91 Å². The molecular formula is C27H26ClN3O4S. The Bertz CT molecular complexity index is 1250. The minimum Gasteiger partial charge on any atom is -0.493 e. The maximum atomic E-state index is 13.5. The lowest BCUT2D eigenvalue weighted by Crippen LogP contribution is -2.37. The standard InChI is InChI=1S/C27H26ClN3O4S/c1-34-23-13-8-19(14-24(23)35-2)17-30-22(15-25(32)29-21-11-9-20(28)10-12-21)26(33)31(27(30)36)16-18-6-4-3-5-7-18/h3-14,22H,15-17H2,1-2H3,(H,29,32). The number of anilines is 1. The second-order valence-corrected chi connectivity index (χ2v) is 9.09. The zero-order valence-corrected chi connectivity index (χ0v) is 21.5. The summed E-state index contributed by atoms with van der Waals surface area (Å²) in [5, 5.41) is 3.79. The molecule has 4 rings (SSSR count). The van der Waals surface area contributed by atoms with E-state index < -0.39 is 6.04 Å². The number of thiocarbonyl (C=S) groups is 1. The van der Waals surface area contributed by atoms with Crippen molar-refractivity contribution in [3.8, 4) is 11.5 Å². The van der Waals surface area contributed by atoms with Crippen LogP contribution in [0.15, 0.2) is 72.8 Å². The molecule has 1 unspecified atom stereocenters. The molecule has 1 heterocycles. The van der Waals surface area contributed by atoms with E-state index in [-0.39, 0.29) is 18.2 Å². The Labute approximate surface area is 220 Å². The van der Waals surface area contributed by atoms with Gasteiger partial charge in [0.2, 0.25) is 5.91 Å². The van der Waals surface area contributed by atoms with Crippen LogP contribution >= 0.6 is 23.8 Å². The molecule has 3 aromatic carbocycles. The van der Waals surface area contributed by atoms with Crippen LogP contribution in [-0.2, 0) is 22.7 Å². The number of nitrogens with one attached hydrogen (secondary N) is 1. The molecule has 0 spiro atoms. The molecular weight excluding hydrogens is 498 g/mol. The highest BCUT2D eigenvalue weighted by atomic mass is 35.5. The normalized spacial score (nSPS) is 15.2. The Morgan fingerprint density at radius 2 is 1.64 bits per heavy atom. The fourth-order valence-corrected chi connectivity index (χ4v) is 4.55. The minimum absolute atomic E-state index is 0.0554. The predicted molar refractivity (Wildman–Crippen MR) is 143 cm³/mol. The van der Waals surface area contributed by atoms with Gasteiger partial charge in [-0.2, -0.15) is 0 Å². The lowest BCUT2D eigenvalue weighted by Gasteiger charge is -2.24. The zero-order chi connectivity index (χ0) is 25.7. The third-order valence-corrected chi connectivity index (χ3v) is 6.60. The number of amides is 2. The summed E-state index contributed by atoms with van der Waals surface area (Å²) in [7, 11) is 3.14. The van der Waals surface area contributed by atoms with E-state index in [9.17, 15) is 9.59 Å². The first-order chi connectivity index (χ1) is 17.4. The molecule has 186 valence electrons. The molecule has 1 atom stereocenters. The van der Waals surface area contributed by atoms with Crippen LogP contribution in [-0.4, -0.2) is 47.0 Å². The van der Waals surface area contributed by atoms with Gasteiger partial charge in [0.1, 0.15) is 6.04 Å². The molecule has 0 aromatic heterocycles. The number of benzene rings is 3. The maximum Gasteiger partial charge on any atom is 0.252 e. The second-order valence-electron chi connectivity index (χ2n) is 8.28. The van der Waals surface area contributed by atoms with Gasteiger partial charge >= 0.3 is 0 Å². The molecule has 0 aliphatic carbocycles. The molecule has 1 fully saturated rings. The van der Waals surface area contributed by atoms with E-state index in [1.807, 2.05) is 42.5 Å². The molecule has 1 aliphatic heterocycles. The van der Waals surface area contributed by atoms with Gasteiger partial charge in [-0.15, -0.1) is 0 Å². The number of methoxy groups -OCH3 is 2. The van der Waals surface area contributed by atoms with Crippen molar-refractivity contribution in [3.63, 3.8) is 0 Å². The molecule has 0 bridgehead atoms. The summed E-state index contributed by atoms with van der Waals surface area (Å²) in [6.45, 7) is 0.658. The number of rotatable bonds is 9. The molecule has 1 saturated heterocycles. The fourth-order valence-electron chi connectivity index (χ4n) is 4.08. The van der Waals surface area contributed by atoms with Gasteiger partial charge in [-0.3, -0.25) is 14.5 Å². The Hall–Kier alpha value is -3.62. The fraction of sp³-hybridized carbons (Fsp3) is 0.222. The summed E-state index contributed by atoms with van der Waals surface area (Å²) in [6, 6.07) is 21.2. The molecule has 2 amide bonds. The molecule has 9 heteroatoms. The van der Waals surface area contributed by atoms with Crippen LogP contribution in [0, 0.1) is 0 Å². The molecule has 1 aliphatic rings. The van der Waals surface area contributed by atoms with E-state index in [0.29, 0.717) is 40.4 Å². The molecule has 36 heavy (non-hydrogen) atoms. The van der Waals surface area contributed by atoms with Crippen LogP contribution in [0.5, 0.6) is 11.5 Å². The third kappa shape index (κ3) is 5.78. The summed E-state index contributed by atoms with van der Waals surface area (Å²) in [5.74, 6) is 0.670. The quantitative estimate of drug-likeness (QED) is 0.403. The average Bonchev–Trinajstić information content (AvgIpc) is 3.09. The number of carbonyl (C=O) groups excluding carboxylic acids is 2. The topological polar surface area (TPSA) is 71.1 Å². The highest BCUT2D eigenvalue weighted by Gasteiger charge is 2.43. The number of hydrogen-bond acceptors (Lipinski definition) is 5. The Balaban J connectivity index is 1.58. The van der Waals surface area contributed by atoms with Crippen molar-refractivity contribution in [2.45, 2.75) is 25.6 Å². The first kappa shape index (κ1) is 25.5. The van der Waals surface area contributed by atoms with Crippen molar-refractivity contribution in [1.82, 2.24) is 9.80 Å². The summed E-state index contributed by atoms with van der Waals surface area (Å²) in [5.41, 5.74) is 2.42. The number of nitrogens with zero attached hydrogens (tertiary/aromatic N) is 2. The molecule has 3 aromatic rings. The monoisotopic (exact) mass is 523 g/mol. The smallest absolute Gasteiger partial charge is 0.252 e. The van der Waals surface area contributed by atoms with Crippen molar-refractivity contribution in [3.05, 3.63) is 88.9 Å². The molecule has 0 saturated carbocycles. The van der Waals surface area contributed by atoms with Gasteiger partial charge < -0.3 is 19.7 Å². The van der Waals surface area contributed by atoms with Gasteiger partial charge in [0.15, 0.2) is 16.6 Å². The average molecular weight is 524 g/mol. The van der Waals surface area contributed by atoms with E-state index in [0.717, 1.165) is 11.1 Å². The van der Waals surface area contributed by atoms with Crippen molar-refractivity contribution in [1.29, 1.82) is 0 Å². The Morgan fingerprint density at radius 1 is 0.944 bits per heavy atom. The second kappa shape index (κ2) is 11.4. The Kier molecular flexibility index (Phi) is 8.07. The summed E-state index contributed by atoms with van der Waals surface area (Å²) >= 11 is 11.7. The van der Waals surface area contributed by atoms with E-state index in [1.54, 1.807) is 54.4 Å². The summed E-state index contributed by atoms with van der Waals surface area (Å²) in [4.78, 5) is 29.8. The Morgan fingerprint density at radius 3 is 2.31 bits per heavy atom. The predicted octanol–water partition coefficient (Wildman–Crippen LogP) is 4.88. The van der Waals surface area contributed by atoms with Gasteiger partial charge in [0.05, 0.1) is 27.2 Å². The number of halogens is 1. The van der Waals surface area contributed by atoms with Gasteiger partial charge in [-0.1, -0.05) is 48.0 Å². The van der Waals surface area contributed by atoms with Gasteiger partial charge in [0, 0.05) is 17.3 Å². The lowest BCUT2D eigenvalue weighted by molar-refractivity contribution is -0.131. The third-order valence-electron chi connectivity index (χ3n) is 5.90. The van der Waals surface area contributed by atoms with Crippen molar-refractivity contribution in [2.75, 3.05) is 19.5 Å². The van der Waals surface area contributed by atoms with Crippen LogP contribution in [0.1, 0.15) is 17.5 Å². The largest absolute Gasteiger partial charge is 0.493 e. The van der Waals surface area contributed by atoms with Crippen molar-refractivity contribution in [2.24, 2.45) is 0 Å². The number of carbonyl (C=O) groups is 2.